The van der Waals surface area contributed by atoms with Crippen molar-refractivity contribution in [1.82, 2.24) is 0 Å². The quantitative estimate of drug-likeness (QED) is 0.220. The van der Waals surface area contributed by atoms with Gasteiger partial charge in [0.15, 0.2) is 0 Å². The molecule has 0 aliphatic heterocycles. The number of hydrogen-bond acceptors (Lipinski definition) is 30. The molecule has 30 nitrogen and oxygen atoms in total. The van der Waals surface area contributed by atoms with Crippen molar-refractivity contribution in [2.45, 2.75) is 0 Å². The van der Waals surface area contributed by atoms with Gasteiger partial charge in [0, 0.05) is 0 Å². The molecule has 0 saturated carbocycles. The summed E-state index contributed by atoms with van der Waals surface area (Å²) in [6, 6.07) is 0. The largest absolute Gasteiger partial charge is 0.907 e. The van der Waals surface area contributed by atoms with Gasteiger partial charge in [-0.05, 0) is 0 Å². The van der Waals surface area contributed by atoms with Crippen molar-refractivity contribution in [3.8, 4) is 0 Å². The monoisotopic (exact) mass is 648 g/mol. The molecule has 0 spiro atoms. The van der Waals surface area contributed by atoms with Crippen LogP contribution >= 0.6 is 0 Å². The van der Waals surface area contributed by atoms with Crippen molar-refractivity contribution in [1.29, 1.82) is 0 Å². The van der Waals surface area contributed by atoms with E-state index >= 15 is 0 Å². The van der Waals surface area contributed by atoms with Gasteiger partial charge >= 0.3 is 73.4 Å². The van der Waals surface area contributed by atoms with Crippen LogP contribution in [0.1, 0.15) is 14.3 Å². The first-order valence-electron chi connectivity index (χ1n) is 7.07. The van der Waals surface area contributed by atoms with Crippen molar-refractivity contribution in [3.63, 3.8) is 0 Å². The average molecular weight is 646 g/mol. The van der Waals surface area contributed by atoms with Crippen LogP contribution in [0, 0.1) is 0 Å². The van der Waals surface area contributed by atoms with E-state index in [1.807, 2.05) is 0 Å². The first-order chi connectivity index (χ1) is 17.3. The zero-order valence-corrected chi connectivity index (χ0v) is 18.0. The maximum atomic E-state index is 8.42. The van der Waals surface area contributed by atoms with Crippen LogP contribution in [0.5, 0.6) is 0 Å². The summed E-state index contributed by atoms with van der Waals surface area (Å²) in [4.78, 5) is 0. The number of rotatable bonds is 0. The van der Waals surface area contributed by atoms with Crippen molar-refractivity contribution in [2.75, 3.05) is 0 Å². The summed E-state index contributed by atoms with van der Waals surface area (Å²) < 4.78 is 0. The Morgan fingerprint density at radius 2 is 0.143 bits per heavy atom. The SMILES string of the molecule is [H+].[H+].[H+].[H+].[H+].[H+].[H+].[H+].[H+].[H+].[NaH].[NaH].[O-]B([O-])[O-].[O-]B([O-])[O-].[O-]B([O-])[O-].[O-]B([O-])[O-].[O-]B([O-])[O-].[O-]B([O-])[O-].[O-]B([O-])[O-].[O-]B([O-])[O-].[O-]B([O-])[O-].[O-]B([O-])[O-]. The van der Waals surface area contributed by atoms with Crippen molar-refractivity contribution >= 4 is 132 Å². The summed E-state index contributed by atoms with van der Waals surface area (Å²) in [5, 5.41) is 252. The molecule has 0 aliphatic carbocycles. The molecule has 42 heavy (non-hydrogen) atoms. The Hall–Kier alpha value is 1.45. The van der Waals surface area contributed by atoms with E-state index in [1.165, 1.54) is 0 Å². The summed E-state index contributed by atoms with van der Waals surface area (Å²) in [5.41, 5.74) is 0. The maximum absolute atomic E-state index is 8.42. The molecule has 0 aromatic rings. The van der Waals surface area contributed by atoms with E-state index < -0.39 is 73.2 Å². The Bertz CT molecular complexity index is 228. The van der Waals surface area contributed by atoms with E-state index in [4.69, 9.17) is 151 Å². The Morgan fingerprint density at radius 3 is 0.143 bits per heavy atom. The Balaban J connectivity index is -0.00000000937. The molecule has 0 aromatic heterocycles. The summed E-state index contributed by atoms with van der Waals surface area (Å²) in [6.45, 7) is 0. The van der Waals surface area contributed by atoms with E-state index in [9.17, 15) is 0 Å². The van der Waals surface area contributed by atoms with E-state index in [1.54, 1.807) is 0 Å². The molecular formula is H12B10Na2O30-20. The van der Waals surface area contributed by atoms with Crippen LogP contribution < -0.4 is 151 Å². The molecule has 244 valence electrons. The second kappa shape index (κ2) is 73.7. The molecule has 0 atom stereocenters. The summed E-state index contributed by atoms with van der Waals surface area (Å²) in [5.74, 6) is 0. The van der Waals surface area contributed by atoms with Gasteiger partial charge in [0.2, 0.25) is 0 Å². The summed E-state index contributed by atoms with van der Waals surface area (Å²) in [6.07, 6.45) is 0. The van der Waals surface area contributed by atoms with Crippen LogP contribution in [0.2, 0.25) is 0 Å². The molecule has 42 heteroatoms. The van der Waals surface area contributed by atoms with Crippen molar-refractivity contribution < 1.29 is 165 Å². The topological polar surface area (TPSA) is 692 Å². The van der Waals surface area contributed by atoms with Gasteiger partial charge < -0.3 is 151 Å². The van der Waals surface area contributed by atoms with Crippen molar-refractivity contribution in [3.05, 3.63) is 0 Å². The molecular weight excluding hydrogens is 634 g/mol. The van der Waals surface area contributed by atoms with Gasteiger partial charge in [0.05, 0.1) is 0 Å². The third-order valence-corrected chi connectivity index (χ3v) is 0. The van der Waals surface area contributed by atoms with Crippen LogP contribution in [0.25, 0.3) is 0 Å². The van der Waals surface area contributed by atoms with E-state index in [-0.39, 0.29) is 73.4 Å². The molecule has 0 unspecified atom stereocenters. The first-order valence-corrected chi connectivity index (χ1v) is 7.07. The summed E-state index contributed by atoms with van der Waals surface area (Å²) in [7, 11) is -29.2. The van der Waals surface area contributed by atoms with Gasteiger partial charge in [0.1, 0.15) is 0 Å². The maximum Gasteiger partial charge on any atom is -0.278 e. The molecule has 0 saturated heterocycles. The Morgan fingerprint density at radius 1 is 0.143 bits per heavy atom. The first kappa shape index (κ1) is 79.2. The molecule has 0 aliphatic rings. The number of hydrogen-bond donors (Lipinski definition) is 0. The second-order valence-electron chi connectivity index (χ2n) is 2.89. The van der Waals surface area contributed by atoms with Gasteiger partial charge in [0.25, 0.3) is 0 Å². The van der Waals surface area contributed by atoms with Crippen LogP contribution in [-0.2, 0) is 0 Å². The van der Waals surface area contributed by atoms with Gasteiger partial charge in [-0.3, -0.25) is 73.2 Å². The molecule has 0 radical (unpaired) electrons. The third-order valence-electron chi connectivity index (χ3n) is 0. The third kappa shape index (κ3) is 32300. The van der Waals surface area contributed by atoms with Crippen LogP contribution in [0.3, 0.4) is 0 Å². The second-order valence-corrected chi connectivity index (χ2v) is 2.89. The molecule has 0 N–H and O–H groups in total. The van der Waals surface area contributed by atoms with Crippen molar-refractivity contribution in [2.24, 2.45) is 0 Å². The zero-order valence-electron chi connectivity index (χ0n) is 28.0. The fraction of sp³-hybridized carbons (Fsp3) is 0. The van der Waals surface area contributed by atoms with E-state index in [0.717, 1.165) is 0 Å². The van der Waals surface area contributed by atoms with E-state index in [0.29, 0.717) is 0 Å². The average Bonchev–Trinajstić information content (AvgIpc) is 2.47. The zero-order chi connectivity index (χ0) is 35.8. The molecule has 0 amide bonds. The van der Waals surface area contributed by atoms with Gasteiger partial charge in [-0.2, -0.15) is 0 Å². The minimum atomic E-state index is -2.92. The van der Waals surface area contributed by atoms with Gasteiger partial charge in [-0.1, -0.05) is 0 Å². The molecule has 0 aromatic carbocycles. The summed E-state index contributed by atoms with van der Waals surface area (Å²) >= 11 is 0. The van der Waals surface area contributed by atoms with Gasteiger partial charge in [-0.15, -0.1) is 0 Å². The predicted molar refractivity (Wildman–Crippen MR) is 83.0 cm³/mol. The predicted octanol–water partition coefficient (Wildman–Crippen LogP) is -39.6. The van der Waals surface area contributed by atoms with Crippen LogP contribution in [0.15, 0.2) is 0 Å². The van der Waals surface area contributed by atoms with E-state index in [2.05, 4.69) is 0 Å². The Kier molecular flexibility index (Phi) is 139. The molecule has 0 heterocycles. The van der Waals surface area contributed by atoms with Crippen LogP contribution in [-0.4, -0.2) is 132 Å². The fourth-order valence-corrected chi connectivity index (χ4v) is 0. The smallest absolute Gasteiger partial charge is 0.278 e. The molecule has 0 fully saturated rings. The van der Waals surface area contributed by atoms with Gasteiger partial charge in [-0.25, -0.2) is 0 Å². The molecule has 0 rings (SSSR count). The normalized spacial score (nSPS) is 6.43. The fourth-order valence-electron chi connectivity index (χ4n) is 0. The minimum absolute atomic E-state index is 0. The minimum Gasteiger partial charge on any atom is -0.907 e. The standard InChI is InChI=1S/10BO3.2Na.2H/c10*2-1(3)4;;;;/q10*-3;;;;/p+10. The van der Waals surface area contributed by atoms with Crippen LogP contribution in [0.4, 0.5) is 0 Å². The Labute approximate surface area is 296 Å². The molecule has 0 bridgehead atoms.